The minimum absolute atomic E-state index is 0.481. The highest BCUT2D eigenvalue weighted by molar-refractivity contribution is 7.30. The number of carbonyl (C=O) groups excluding carboxylic acids is 1. The molecule has 0 aliphatic heterocycles. The SMILES string of the molecule is C=CC(N)=O.O=[P+](O)O. The van der Waals surface area contributed by atoms with E-state index in [1.54, 1.807) is 0 Å². The van der Waals surface area contributed by atoms with Crippen LogP contribution in [0.3, 0.4) is 0 Å². The number of amides is 1. The van der Waals surface area contributed by atoms with E-state index in [2.05, 4.69) is 12.3 Å². The van der Waals surface area contributed by atoms with Gasteiger partial charge in [0.05, 0.1) is 0 Å². The van der Waals surface area contributed by atoms with Gasteiger partial charge in [-0.25, -0.2) is 0 Å². The Morgan fingerprint density at radius 1 is 1.67 bits per heavy atom. The zero-order chi connectivity index (χ0) is 7.86. The van der Waals surface area contributed by atoms with E-state index in [0.29, 0.717) is 0 Å². The van der Waals surface area contributed by atoms with Crippen LogP contribution >= 0.6 is 8.25 Å². The van der Waals surface area contributed by atoms with Crippen LogP contribution in [0.25, 0.3) is 0 Å². The van der Waals surface area contributed by atoms with Crippen LogP contribution in [0.1, 0.15) is 0 Å². The van der Waals surface area contributed by atoms with Crippen molar-refractivity contribution in [3.63, 3.8) is 0 Å². The molecule has 6 heteroatoms. The smallest absolute Gasteiger partial charge is 0.366 e. The van der Waals surface area contributed by atoms with Crippen LogP contribution in [0.2, 0.25) is 0 Å². The van der Waals surface area contributed by atoms with Gasteiger partial charge in [-0.1, -0.05) is 6.58 Å². The van der Waals surface area contributed by atoms with Crippen molar-refractivity contribution < 1.29 is 19.1 Å². The highest BCUT2D eigenvalue weighted by atomic mass is 31.1. The van der Waals surface area contributed by atoms with Crippen LogP contribution < -0.4 is 5.73 Å². The predicted molar refractivity (Wildman–Crippen MR) is 31.4 cm³/mol. The molecule has 5 nitrogen and oxygen atoms in total. The molecule has 0 aromatic carbocycles. The molecule has 0 saturated carbocycles. The minimum Gasteiger partial charge on any atom is -0.366 e. The summed E-state index contributed by atoms with van der Waals surface area (Å²) in [5, 5.41) is 0. The van der Waals surface area contributed by atoms with E-state index in [4.69, 9.17) is 14.4 Å². The van der Waals surface area contributed by atoms with Gasteiger partial charge in [0.2, 0.25) is 5.91 Å². The Morgan fingerprint density at radius 2 is 1.78 bits per heavy atom. The molecule has 0 spiro atoms. The fourth-order valence-electron chi connectivity index (χ4n) is 0. The third-order valence-electron chi connectivity index (χ3n) is 0.201. The van der Waals surface area contributed by atoms with Crippen molar-refractivity contribution >= 4 is 14.2 Å². The zero-order valence-electron chi connectivity index (χ0n) is 4.52. The Hall–Kier alpha value is -0.770. The molecule has 52 valence electrons. The van der Waals surface area contributed by atoms with Crippen molar-refractivity contribution in [2.75, 3.05) is 0 Å². The van der Waals surface area contributed by atoms with Crippen molar-refractivity contribution in [2.45, 2.75) is 0 Å². The van der Waals surface area contributed by atoms with Gasteiger partial charge in [0, 0.05) is 4.57 Å². The molecule has 0 saturated heterocycles. The molecule has 0 aromatic rings. The average Bonchev–Trinajstić information content (AvgIpc) is 1.65. The van der Waals surface area contributed by atoms with Gasteiger partial charge < -0.3 is 5.73 Å². The Balaban J connectivity index is 0. The lowest BCUT2D eigenvalue weighted by atomic mass is 10.6. The quantitative estimate of drug-likeness (QED) is 0.341. The summed E-state index contributed by atoms with van der Waals surface area (Å²) in [7, 11) is -2.87. The first-order valence-corrected chi connectivity index (χ1v) is 2.94. The van der Waals surface area contributed by atoms with Gasteiger partial charge in [-0.2, -0.15) is 0 Å². The van der Waals surface area contributed by atoms with Crippen LogP contribution in [-0.4, -0.2) is 15.7 Å². The second-order valence-electron chi connectivity index (χ2n) is 0.859. The van der Waals surface area contributed by atoms with Crippen LogP contribution in [0.5, 0.6) is 0 Å². The summed E-state index contributed by atoms with van der Waals surface area (Å²) >= 11 is 0. The van der Waals surface area contributed by atoms with Gasteiger partial charge in [0.25, 0.3) is 0 Å². The lowest BCUT2D eigenvalue weighted by Crippen LogP contribution is -2.04. The molecule has 0 heterocycles. The van der Waals surface area contributed by atoms with Crippen molar-refractivity contribution in [1.82, 2.24) is 0 Å². The molecule has 0 radical (unpaired) electrons. The van der Waals surface area contributed by atoms with Crippen molar-refractivity contribution in [2.24, 2.45) is 5.73 Å². The van der Waals surface area contributed by atoms with Gasteiger partial charge in [0.1, 0.15) is 0 Å². The van der Waals surface area contributed by atoms with Gasteiger partial charge in [-0.3, -0.25) is 4.79 Å². The molecular formula is C3H7NO4P+. The molecule has 0 unspecified atom stereocenters. The van der Waals surface area contributed by atoms with Crippen LogP contribution in [0.15, 0.2) is 12.7 Å². The number of hydrogen-bond acceptors (Lipinski definition) is 2. The molecule has 0 aliphatic rings. The molecule has 0 atom stereocenters. The van der Waals surface area contributed by atoms with Gasteiger partial charge >= 0.3 is 8.25 Å². The molecular weight excluding hydrogens is 145 g/mol. The number of primary amides is 1. The monoisotopic (exact) mass is 152 g/mol. The van der Waals surface area contributed by atoms with E-state index >= 15 is 0 Å². The molecule has 0 bridgehead atoms. The molecule has 0 aliphatic carbocycles. The van der Waals surface area contributed by atoms with Crippen molar-refractivity contribution in [3.05, 3.63) is 12.7 Å². The van der Waals surface area contributed by atoms with Crippen LogP contribution in [0, 0.1) is 0 Å². The first-order valence-electron chi connectivity index (χ1n) is 1.77. The zero-order valence-corrected chi connectivity index (χ0v) is 5.41. The van der Waals surface area contributed by atoms with E-state index in [1.807, 2.05) is 0 Å². The van der Waals surface area contributed by atoms with E-state index < -0.39 is 14.2 Å². The Morgan fingerprint density at radius 3 is 1.78 bits per heavy atom. The second kappa shape index (κ2) is 7.23. The van der Waals surface area contributed by atoms with E-state index in [1.165, 1.54) is 0 Å². The fraction of sp³-hybridized carbons (Fsp3) is 0. The van der Waals surface area contributed by atoms with Crippen LogP contribution in [0.4, 0.5) is 0 Å². The third kappa shape index (κ3) is 131. The maximum atomic E-state index is 9.47. The maximum absolute atomic E-state index is 9.47. The number of carbonyl (C=O) groups is 1. The number of rotatable bonds is 1. The summed E-state index contributed by atoms with van der Waals surface area (Å²) in [5.41, 5.74) is 4.53. The molecule has 0 aromatic heterocycles. The van der Waals surface area contributed by atoms with E-state index in [0.717, 1.165) is 6.08 Å². The van der Waals surface area contributed by atoms with Gasteiger partial charge in [-0.15, -0.1) is 9.79 Å². The topological polar surface area (TPSA) is 101 Å². The Labute approximate surface area is 52.8 Å². The van der Waals surface area contributed by atoms with Gasteiger partial charge in [0.15, 0.2) is 0 Å². The highest BCUT2D eigenvalue weighted by Crippen LogP contribution is 1.98. The second-order valence-corrected chi connectivity index (χ2v) is 1.36. The summed E-state index contributed by atoms with van der Waals surface area (Å²) in [5.74, 6) is -0.481. The molecule has 0 fully saturated rings. The number of nitrogens with two attached hydrogens (primary N) is 1. The lowest BCUT2D eigenvalue weighted by Gasteiger charge is -1.65. The summed E-state index contributed by atoms with van der Waals surface area (Å²) in [6.07, 6.45) is 1.06. The average molecular weight is 152 g/mol. The first-order chi connectivity index (χ1) is 4.00. The van der Waals surface area contributed by atoms with Gasteiger partial charge in [-0.05, 0) is 6.08 Å². The molecule has 0 rings (SSSR count). The molecule has 1 amide bonds. The minimum atomic E-state index is -2.87. The summed E-state index contributed by atoms with van der Waals surface area (Å²) < 4.78 is 8.70. The summed E-state index contributed by atoms with van der Waals surface area (Å²) in [4.78, 5) is 23.7. The third-order valence-corrected chi connectivity index (χ3v) is 0.201. The summed E-state index contributed by atoms with van der Waals surface area (Å²) in [6.45, 7) is 3.09. The highest BCUT2D eigenvalue weighted by Gasteiger charge is 1.93. The summed E-state index contributed by atoms with van der Waals surface area (Å²) in [6, 6.07) is 0. The van der Waals surface area contributed by atoms with Crippen LogP contribution in [-0.2, 0) is 9.36 Å². The standard InChI is InChI=1S/C3H5NO.HO3P/c1-2-3(4)5;1-4(2)3/h2H,1H2,(H2,4,5);(H-,1,2,3)/p+1. The largest absolute Gasteiger partial charge is 0.692 e. The normalized spacial score (nSPS) is 6.44. The fourth-order valence-corrected chi connectivity index (χ4v) is 0. The van der Waals surface area contributed by atoms with Crippen molar-refractivity contribution in [3.8, 4) is 0 Å². The Kier molecular flexibility index (Phi) is 8.90. The van der Waals surface area contributed by atoms with Crippen molar-refractivity contribution in [1.29, 1.82) is 0 Å². The number of hydrogen-bond donors (Lipinski definition) is 3. The first kappa shape index (κ1) is 11.1. The Bertz CT molecular complexity index is 119. The van der Waals surface area contributed by atoms with E-state index in [9.17, 15) is 4.79 Å². The molecule has 4 N–H and O–H groups in total. The predicted octanol–water partition coefficient (Wildman–Crippen LogP) is -0.714. The maximum Gasteiger partial charge on any atom is 0.692 e. The van der Waals surface area contributed by atoms with E-state index in [-0.39, 0.29) is 0 Å². The lowest BCUT2D eigenvalue weighted by molar-refractivity contribution is -0.113. The molecule has 9 heavy (non-hydrogen) atoms.